The predicted molar refractivity (Wildman–Crippen MR) is 146 cm³/mol. The molecule has 0 N–H and O–H groups in total. The Morgan fingerprint density at radius 2 is 1.03 bits per heavy atom. The number of nitrogens with zero attached hydrogens (tertiary/aromatic N) is 2. The number of ketones is 1. The van der Waals surface area contributed by atoms with Gasteiger partial charge in [-0.2, -0.15) is 0 Å². The number of carbonyl (C=O) groups is 1. The highest BCUT2D eigenvalue weighted by Crippen LogP contribution is 2.32. The molecule has 0 spiro atoms. The number of anilines is 2. The van der Waals surface area contributed by atoms with E-state index in [9.17, 15) is 14.4 Å². The van der Waals surface area contributed by atoms with Crippen LogP contribution in [0.2, 0.25) is 10.0 Å². The van der Waals surface area contributed by atoms with Crippen molar-refractivity contribution in [2.75, 3.05) is 36.0 Å². The Labute approximate surface area is 217 Å². The monoisotopic (exact) mass is 528 g/mol. The van der Waals surface area contributed by atoms with Crippen molar-refractivity contribution in [2.45, 2.75) is 27.7 Å². The SMILES string of the molecule is CCN(CC)c1cc(Cl)c2cc(C(=O)c3cc4c(Cl)cc(N(CC)CC)cc4oc3=O)c(=O)oc2c1. The van der Waals surface area contributed by atoms with Gasteiger partial charge >= 0.3 is 11.3 Å². The number of fused-ring (bicyclic) bond motifs is 2. The van der Waals surface area contributed by atoms with Crippen LogP contribution in [0.4, 0.5) is 11.4 Å². The van der Waals surface area contributed by atoms with Crippen molar-refractivity contribution < 1.29 is 13.6 Å². The summed E-state index contributed by atoms with van der Waals surface area (Å²) in [7, 11) is 0. The summed E-state index contributed by atoms with van der Waals surface area (Å²) in [5, 5.41) is 1.43. The number of hydrogen-bond acceptors (Lipinski definition) is 7. The van der Waals surface area contributed by atoms with Gasteiger partial charge in [-0.25, -0.2) is 9.59 Å². The van der Waals surface area contributed by atoms with Crippen molar-refractivity contribution >= 4 is 62.3 Å². The van der Waals surface area contributed by atoms with Gasteiger partial charge in [-0.1, -0.05) is 23.2 Å². The molecule has 0 bridgehead atoms. The third-order valence-corrected chi connectivity index (χ3v) is 6.95. The summed E-state index contributed by atoms with van der Waals surface area (Å²) in [6, 6.07) is 9.63. The van der Waals surface area contributed by atoms with Crippen LogP contribution in [0.15, 0.2) is 54.8 Å². The van der Waals surface area contributed by atoms with Gasteiger partial charge in [0, 0.05) is 60.5 Å². The Bertz CT molecular complexity index is 1470. The lowest BCUT2D eigenvalue weighted by atomic mass is 10.0. The first-order valence-electron chi connectivity index (χ1n) is 11.8. The van der Waals surface area contributed by atoms with Crippen molar-refractivity contribution in [3.8, 4) is 0 Å². The van der Waals surface area contributed by atoms with Crippen LogP contribution < -0.4 is 21.1 Å². The Balaban J connectivity index is 1.83. The highest BCUT2D eigenvalue weighted by molar-refractivity contribution is 6.36. The third kappa shape index (κ3) is 4.61. The average Bonchev–Trinajstić information content (AvgIpc) is 2.84. The van der Waals surface area contributed by atoms with Gasteiger partial charge in [0.1, 0.15) is 22.3 Å². The van der Waals surface area contributed by atoms with Crippen LogP contribution in [0, 0.1) is 0 Å². The van der Waals surface area contributed by atoms with E-state index in [1.54, 1.807) is 24.3 Å². The van der Waals surface area contributed by atoms with Gasteiger partial charge in [-0.3, -0.25) is 4.79 Å². The standard InChI is InChI=1S/C27H26Cl2N2O5/c1-5-30(6-2)15-9-21(28)17-13-19(26(33)35-23(17)11-15)25(32)20-14-18-22(29)10-16(31(7-3)8-4)12-24(18)36-27(20)34/h9-14H,5-8H2,1-4H3. The second-order valence-corrected chi connectivity index (χ2v) is 9.06. The fourth-order valence-electron chi connectivity index (χ4n) is 4.33. The molecule has 4 rings (SSSR count). The molecule has 0 aliphatic rings. The van der Waals surface area contributed by atoms with E-state index in [4.69, 9.17) is 32.0 Å². The summed E-state index contributed by atoms with van der Waals surface area (Å²) in [6.07, 6.45) is 0. The molecule has 0 unspecified atom stereocenters. The minimum atomic E-state index is -0.872. The maximum absolute atomic E-state index is 13.3. The lowest BCUT2D eigenvalue weighted by Crippen LogP contribution is -2.23. The lowest BCUT2D eigenvalue weighted by Gasteiger charge is -2.21. The fourth-order valence-corrected chi connectivity index (χ4v) is 4.85. The summed E-state index contributed by atoms with van der Waals surface area (Å²) < 4.78 is 10.9. The molecular formula is C27H26Cl2N2O5. The first-order valence-corrected chi connectivity index (χ1v) is 12.6. The van der Waals surface area contributed by atoms with Crippen molar-refractivity contribution in [1.82, 2.24) is 0 Å². The number of carbonyl (C=O) groups excluding carboxylic acids is 1. The molecule has 0 atom stereocenters. The highest BCUT2D eigenvalue weighted by Gasteiger charge is 2.23. The summed E-state index contributed by atoms with van der Waals surface area (Å²) in [6.45, 7) is 11.0. The molecule has 36 heavy (non-hydrogen) atoms. The molecule has 4 aromatic rings. The highest BCUT2D eigenvalue weighted by atomic mass is 35.5. The lowest BCUT2D eigenvalue weighted by molar-refractivity contribution is 0.103. The van der Waals surface area contributed by atoms with Crippen LogP contribution in [-0.4, -0.2) is 32.0 Å². The molecule has 0 saturated heterocycles. The largest absolute Gasteiger partial charge is 0.422 e. The molecule has 9 heteroatoms. The molecule has 0 aliphatic heterocycles. The Morgan fingerprint density at radius 1 is 0.667 bits per heavy atom. The van der Waals surface area contributed by atoms with Gasteiger partial charge in [0.2, 0.25) is 5.78 Å². The van der Waals surface area contributed by atoms with Gasteiger partial charge < -0.3 is 18.6 Å². The van der Waals surface area contributed by atoms with Gasteiger partial charge in [0.25, 0.3) is 0 Å². The van der Waals surface area contributed by atoms with Gasteiger partial charge in [0.05, 0.1) is 10.0 Å². The average molecular weight is 529 g/mol. The van der Waals surface area contributed by atoms with Gasteiger partial charge in [0.15, 0.2) is 0 Å². The number of rotatable bonds is 8. The zero-order valence-electron chi connectivity index (χ0n) is 20.5. The second kappa shape index (κ2) is 10.4. The molecular weight excluding hydrogens is 503 g/mol. The quantitative estimate of drug-likeness (QED) is 0.201. The maximum Gasteiger partial charge on any atom is 0.347 e. The van der Waals surface area contributed by atoms with Crippen LogP contribution >= 0.6 is 23.2 Å². The molecule has 188 valence electrons. The summed E-state index contributed by atoms with van der Waals surface area (Å²) >= 11 is 13.0. The number of halogens is 2. The fraction of sp³-hybridized carbons (Fsp3) is 0.296. The first-order chi connectivity index (χ1) is 17.2. The zero-order valence-corrected chi connectivity index (χ0v) is 22.0. The van der Waals surface area contributed by atoms with Crippen molar-refractivity contribution in [3.63, 3.8) is 0 Å². The molecule has 2 aromatic heterocycles. The maximum atomic E-state index is 13.3. The Kier molecular flexibility index (Phi) is 7.43. The second-order valence-electron chi connectivity index (χ2n) is 8.25. The van der Waals surface area contributed by atoms with Crippen LogP contribution in [0.1, 0.15) is 43.6 Å². The van der Waals surface area contributed by atoms with Crippen molar-refractivity contribution in [2.24, 2.45) is 0 Å². The van der Waals surface area contributed by atoms with Crippen molar-refractivity contribution in [3.05, 3.63) is 78.4 Å². The molecule has 0 radical (unpaired) electrons. The van der Waals surface area contributed by atoms with E-state index in [1.807, 2.05) is 27.7 Å². The normalized spacial score (nSPS) is 11.3. The van der Waals surface area contributed by atoms with Crippen molar-refractivity contribution in [1.29, 1.82) is 0 Å². The van der Waals surface area contributed by atoms with E-state index in [-0.39, 0.29) is 22.3 Å². The molecule has 0 amide bonds. The molecule has 0 fully saturated rings. The first kappa shape index (κ1) is 25.8. The third-order valence-electron chi connectivity index (χ3n) is 6.32. The van der Waals surface area contributed by atoms with Crippen LogP contribution in [0.5, 0.6) is 0 Å². The van der Waals surface area contributed by atoms with Crippen LogP contribution in [0.25, 0.3) is 21.9 Å². The topological polar surface area (TPSA) is 84.0 Å². The molecule has 0 saturated carbocycles. The molecule has 2 heterocycles. The predicted octanol–water partition coefficient (Wildman–Crippen LogP) is 6.13. The van der Waals surface area contributed by atoms with Gasteiger partial charge in [-0.05, 0) is 52.0 Å². The van der Waals surface area contributed by atoms with E-state index < -0.39 is 17.0 Å². The van der Waals surface area contributed by atoms with E-state index in [0.29, 0.717) is 20.8 Å². The van der Waals surface area contributed by atoms with Crippen LogP contribution in [-0.2, 0) is 0 Å². The molecule has 2 aromatic carbocycles. The smallest absolute Gasteiger partial charge is 0.347 e. The van der Waals surface area contributed by atoms with E-state index in [2.05, 4.69) is 9.80 Å². The van der Waals surface area contributed by atoms with E-state index in [0.717, 1.165) is 37.6 Å². The Hall–Kier alpha value is -3.29. The van der Waals surface area contributed by atoms with E-state index in [1.165, 1.54) is 12.1 Å². The minimum Gasteiger partial charge on any atom is -0.422 e. The summed E-state index contributed by atoms with van der Waals surface area (Å²) in [4.78, 5) is 43.0. The Morgan fingerprint density at radius 3 is 1.36 bits per heavy atom. The minimum absolute atomic E-state index is 0.253. The summed E-state index contributed by atoms with van der Waals surface area (Å²) in [5.41, 5.74) is -0.273. The van der Waals surface area contributed by atoms with Crippen LogP contribution in [0.3, 0.4) is 0 Å². The number of benzene rings is 2. The number of hydrogen-bond donors (Lipinski definition) is 0. The molecule has 7 nitrogen and oxygen atoms in total. The summed E-state index contributed by atoms with van der Waals surface area (Å²) in [5.74, 6) is -0.825. The zero-order chi connectivity index (χ0) is 26.1. The molecule has 0 aliphatic carbocycles. The van der Waals surface area contributed by atoms with Gasteiger partial charge in [-0.15, -0.1) is 0 Å². The van der Waals surface area contributed by atoms with E-state index >= 15 is 0 Å².